The summed E-state index contributed by atoms with van der Waals surface area (Å²) in [6.07, 6.45) is 4.17. The molecule has 2 aromatic heterocycles. The lowest BCUT2D eigenvalue weighted by atomic mass is 9.90. The third-order valence-electron chi connectivity index (χ3n) is 5.26. The van der Waals surface area contributed by atoms with Gasteiger partial charge in [0.1, 0.15) is 5.69 Å². The van der Waals surface area contributed by atoms with Gasteiger partial charge in [-0.25, -0.2) is 14.8 Å². The Morgan fingerprint density at radius 3 is 2.34 bits per heavy atom. The van der Waals surface area contributed by atoms with E-state index in [1.165, 1.54) is 14.0 Å². The minimum atomic E-state index is -0.582. The van der Waals surface area contributed by atoms with Crippen LogP contribution in [0.5, 0.6) is 0 Å². The van der Waals surface area contributed by atoms with E-state index in [0.717, 1.165) is 40.6 Å². The molecule has 0 spiro atoms. The van der Waals surface area contributed by atoms with Gasteiger partial charge in [0.2, 0.25) is 5.82 Å². The molecule has 3 rings (SSSR count). The summed E-state index contributed by atoms with van der Waals surface area (Å²) in [5.74, 6) is -0.646. The Morgan fingerprint density at radius 1 is 1.14 bits per heavy atom. The molecule has 7 nitrogen and oxygen atoms in total. The Kier molecular flexibility index (Phi) is 5.50. The third kappa shape index (κ3) is 4.04. The number of fused-ring (bicyclic) bond motifs is 1. The van der Waals surface area contributed by atoms with Crippen molar-refractivity contribution in [3.05, 3.63) is 41.6 Å². The van der Waals surface area contributed by atoms with Crippen molar-refractivity contribution < 1.29 is 14.3 Å². The standard InChI is InChI=1S/C22H26N4O3/c1-7-22(4,5)12-26-19-13(2)8-15(9-17(19)18(25-26)14(3)27)16-10-23-20(24-11-16)21(28)29-6/h8-11H,7,12H2,1-6H3. The summed E-state index contributed by atoms with van der Waals surface area (Å²) >= 11 is 0. The van der Waals surface area contributed by atoms with Crippen molar-refractivity contribution in [1.82, 2.24) is 19.7 Å². The molecule has 0 bridgehead atoms. The molecule has 0 aliphatic heterocycles. The number of benzene rings is 1. The maximum atomic E-state index is 12.3. The molecule has 152 valence electrons. The fourth-order valence-corrected chi connectivity index (χ4v) is 3.26. The number of Topliss-reactive ketones (excluding diaryl/α,β-unsaturated/α-hetero) is 1. The van der Waals surface area contributed by atoms with E-state index in [1.54, 1.807) is 12.4 Å². The molecular weight excluding hydrogens is 368 g/mol. The predicted octanol–water partition coefficient (Wildman–Crippen LogP) is 4.23. The average molecular weight is 394 g/mol. The van der Waals surface area contributed by atoms with Gasteiger partial charge in [0, 0.05) is 36.8 Å². The summed E-state index contributed by atoms with van der Waals surface area (Å²) < 4.78 is 6.59. The van der Waals surface area contributed by atoms with Crippen molar-refractivity contribution in [3.8, 4) is 11.1 Å². The molecule has 0 radical (unpaired) electrons. The zero-order chi connectivity index (χ0) is 21.3. The number of esters is 1. The second-order valence-corrected chi connectivity index (χ2v) is 8.06. The Labute approximate surface area is 170 Å². The predicted molar refractivity (Wildman–Crippen MR) is 111 cm³/mol. The van der Waals surface area contributed by atoms with Gasteiger partial charge in [-0.3, -0.25) is 9.48 Å². The van der Waals surface area contributed by atoms with Crippen LogP contribution in [-0.4, -0.2) is 38.6 Å². The number of rotatable bonds is 6. The highest BCUT2D eigenvalue weighted by molar-refractivity contribution is 6.06. The van der Waals surface area contributed by atoms with E-state index < -0.39 is 5.97 Å². The summed E-state index contributed by atoms with van der Waals surface area (Å²) in [6, 6.07) is 3.97. The smallest absolute Gasteiger partial charge is 0.376 e. The number of carbonyl (C=O) groups excluding carboxylic acids is 2. The normalized spacial score (nSPS) is 11.7. The van der Waals surface area contributed by atoms with E-state index in [1.807, 2.05) is 23.7 Å². The minimum Gasteiger partial charge on any atom is -0.463 e. The number of nitrogens with zero attached hydrogens (tertiary/aromatic N) is 4. The first-order valence-electron chi connectivity index (χ1n) is 9.59. The molecular formula is C22H26N4O3. The first kappa shape index (κ1) is 20.6. The number of carbonyl (C=O) groups is 2. The second-order valence-electron chi connectivity index (χ2n) is 8.06. The highest BCUT2D eigenvalue weighted by Gasteiger charge is 2.22. The summed E-state index contributed by atoms with van der Waals surface area (Å²) in [6.45, 7) is 10.8. The van der Waals surface area contributed by atoms with Crippen molar-refractivity contribution >= 4 is 22.7 Å². The number of ether oxygens (including phenoxy) is 1. The lowest BCUT2D eigenvalue weighted by Gasteiger charge is -2.23. The molecule has 0 saturated carbocycles. The zero-order valence-corrected chi connectivity index (χ0v) is 17.7. The number of hydrogen-bond acceptors (Lipinski definition) is 6. The Bertz CT molecular complexity index is 1080. The number of methoxy groups -OCH3 is 1. The van der Waals surface area contributed by atoms with E-state index in [2.05, 4.69) is 40.6 Å². The molecule has 0 fully saturated rings. The van der Waals surface area contributed by atoms with Crippen LogP contribution in [-0.2, 0) is 11.3 Å². The number of aromatic nitrogens is 4. The monoisotopic (exact) mass is 394 g/mol. The van der Waals surface area contributed by atoms with Crippen LogP contribution in [0.25, 0.3) is 22.0 Å². The molecule has 3 aromatic rings. The lowest BCUT2D eigenvalue weighted by molar-refractivity contribution is 0.0586. The van der Waals surface area contributed by atoms with Crippen LogP contribution in [0.15, 0.2) is 24.5 Å². The molecule has 0 unspecified atom stereocenters. The first-order chi connectivity index (χ1) is 13.7. The second kappa shape index (κ2) is 7.73. The molecule has 0 aliphatic carbocycles. The van der Waals surface area contributed by atoms with E-state index >= 15 is 0 Å². The van der Waals surface area contributed by atoms with Crippen LogP contribution >= 0.6 is 0 Å². The minimum absolute atomic E-state index is 0.00749. The van der Waals surface area contributed by atoms with Crippen molar-refractivity contribution in [2.45, 2.75) is 47.6 Å². The summed E-state index contributed by atoms with van der Waals surface area (Å²) in [7, 11) is 1.29. The molecule has 0 amide bonds. The van der Waals surface area contributed by atoms with Gasteiger partial charge >= 0.3 is 5.97 Å². The van der Waals surface area contributed by atoms with Crippen molar-refractivity contribution in [2.75, 3.05) is 7.11 Å². The highest BCUT2D eigenvalue weighted by atomic mass is 16.5. The fourth-order valence-electron chi connectivity index (χ4n) is 3.26. The molecule has 7 heteroatoms. The van der Waals surface area contributed by atoms with Crippen LogP contribution in [0, 0.1) is 12.3 Å². The van der Waals surface area contributed by atoms with Gasteiger partial charge in [0.25, 0.3) is 0 Å². The van der Waals surface area contributed by atoms with E-state index in [0.29, 0.717) is 5.69 Å². The maximum Gasteiger partial charge on any atom is 0.376 e. The largest absolute Gasteiger partial charge is 0.463 e. The zero-order valence-electron chi connectivity index (χ0n) is 17.7. The van der Waals surface area contributed by atoms with E-state index in [-0.39, 0.29) is 17.0 Å². The first-order valence-corrected chi connectivity index (χ1v) is 9.59. The molecule has 2 heterocycles. The van der Waals surface area contributed by atoms with Gasteiger partial charge in [-0.15, -0.1) is 0 Å². The van der Waals surface area contributed by atoms with Crippen LogP contribution < -0.4 is 0 Å². The molecule has 0 aliphatic rings. The van der Waals surface area contributed by atoms with Gasteiger partial charge in [-0.2, -0.15) is 5.10 Å². The molecule has 0 saturated heterocycles. The number of hydrogen-bond donors (Lipinski definition) is 0. The molecule has 29 heavy (non-hydrogen) atoms. The Hall–Kier alpha value is -3.09. The molecule has 0 atom stereocenters. The van der Waals surface area contributed by atoms with Crippen LogP contribution in [0.1, 0.15) is 60.8 Å². The molecule has 0 N–H and O–H groups in total. The summed E-state index contributed by atoms with van der Waals surface area (Å²) in [5, 5.41) is 5.46. The van der Waals surface area contributed by atoms with E-state index in [9.17, 15) is 9.59 Å². The van der Waals surface area contributed by atoms with Crippen LogP contribution in [0.3, 0.4) is 0 Å². The van der Waals surface area contributed by atoms with Gasteiger partial charge in [0.05, 0.1) is 12.6 Å². The third-order valence-corrected chi connectivity index (χ3v) is 5.26. The van der Waals surface area contributed by atoms with Gasteiger partial charge in [-0.05, 0) is 42.0 Å². The Balaban J connectivity index is 2.14. The molecule has 1 aromatic carbocycles. The summed E-state index contributed by atoms with van der Waals surface area (Å²) in [5.41, 5.74) is 4.12. The van der Waals surface area contributed by atoms with Crippen LogP contribution in [0.2, 0.25) is 0 Å². The van der Waals surface area contributed by atoms with Crippen molar-refractivity contribution in [1.29, 1.82) is 0 Å². The topological polar surface area (TPSA) is 87.0 Å². The number of aryl methyl sites for hydroxylation is 1. The van der Waals surface area contributed by atoms with Gasteiger partial charge in [0.15, 0.2) is 5.78 Å². The van der Waals surface area contributed by atoms with E-state index in [4.69, 9.17) is 0 Å². The van der Waals surface area contributed by atoms with Gasteiger partial charge in [-0.1, -0.05) is 20.8 Å². The maximum absolute atomic E-state index is 12.3. The van der Waals surface area contributed by atoms with Crippen molar-refractivity contribution in [2.24, 2.45) is 5.41 Å². The highest BCUT2D eigenvalue weighted by Crippen LogP contribution is 2.32. The Morgan fingerprint density at radius 2 is 1.79 bits per heavy atom. The SMILES string of the molecule is CCC(C)(C)Cn1nc(C(C)=O)c2cc(-c3cnc(C(=O)OC)nc3)cc(C)c21. The number of ketones is 1. The quantitative estimate of drug-likeness (QED) is 0.459. The lowest BCUT2D eigenvalue weighted by Crippen LogP contribution is -2.20. The van der Waals surface area contributed by atoms with Crippen molar-refractivity contribution in [3.63, 3.8) is 0 Å². The van der Waals surface area contributed by atoms with Gasteiger partial charge < -0.3 is 4.74 Å². The fraction of sp³-hybridized carbons (Fsp3) is 0.409. The van der Waals surface area contributed by atoms with Crippen LogP contribution in [0.4, 0.5) is 0 Å². The average Bonchev–Trinajstić information content (AvgIpc) is 3.06. The summed E-state index contributed by atoms with van der Waals surface area (Å²) in [4.78, 5) is 32.0.